The van der Waals surface area contributed by atoms with Crippen molar-refractivity contribution in [2.24, 2.45) is 0 Å². The SMILES string of the molecule is CCOC1CC(NCC(C)c2nccs2)C1OC. The molecule has 0 bridgehead atoms. The third-order valence-corrected chi connectivity index (χ3v) is 4.47. The molecule has 102 valence electrons. The minimum atomic E-state index is 0.188. The summed E-state index contributed by atoms with van der Waals surface area (Å²) in [5, 5.41) is 6.78. The van der Waals surface area contributed by atoms with E-state index in [-0.39, 0.29) is 12.2 Å². The summed E-state index contributed by atoms with van der Waals surface area (Å²) in [6.45, 7) is 5.92. The number of nitrogens with zero attached hydrogens (tertiary/aromatic N) is 1. The fraction of sp³-hybridized carbons (Fsp3) is 0.769. The van der Waals surface area contributed by atoms with Gasteiger partial charge >= 0.3 is 0 Å². The molecule has 1 fully saturated rings. The number of thiazole rings is 1. The van der Waals surface area contributed by atoms with Gasteiger partial charge in [0.25, 0.3) is 0 Å². The number of rotatable bonds is 7. The Hall–Kier alpha value is -0.490. The first kappa shape index (κ1) is 13.9. The minimum absolute atomic E-state index is 0.188. The second-order valence-corrected chi connectivity index (χ2v) is 5.64. The number of hydrogen-bond donors (Lipinski definition) is 1. The van der Waals surface area contributed by atoms with Gasteiger partial charge in [-0.2, -0.15) is 0 Å². The van der Waals surface area contributed by atoms with Gasteiger partial charge in [-0.1, -0.05) is 6.92 Å². The lowest BCUT2D eigenvalue weighted by molar-refractivity contribution is -0.131. The summed E-state index contributed by atoms with van der Waals surface area (Å²) in [5.74, 6) is 0.452. The van der Waals surface area contributed by atoms with E-state index >= 15 is 0 Å². The molecule has 0 radical (unpaired) electrons. The molecule has 1 aromatic heterocycles. The Labute approximate surface area is 113 Å². The highest BCUT2D eigenvalue weighted by Gasteiger charge is 2.41. The molecule has 2 rings (SSSR count). The number of nitrogens with one attached hydrogen (secondary N) is 1. The maximum atomic E-state index is 5.62. The van der Waals surface area contributed by atoms with Crippen LogP contribution in [0.2, 0.25) is 0 Å². The van der Waals surface area contributed by atoms with Crippen LogP contribution in [0.1, 0.15) is 31.2 Å². The van der Waals surface area contributed by atoms with Crippen LogP contribution < -0.4 is 5.32 Å². The van der Waals surface area contributed by atoms with E-state index in [9.17, 15) is 0 Å². The molecule has 1 aliphatic carbocycles. The van der Waals surface area contributed by atoms with E-state index in [1.165, 1.54) is 5.01 Å². The molecular formula is C13H22N2O2S. The fourth-order valence-electron chi connectivity index (χ4n) is 2.37. The maximum absolute atomic E-state index is 5.62. The molecule has 1 saturated carbocycles. The summed E-state index contributed by atoms with van der Waals surface area (Å²) in [4.78, 5) is 4.34. The third-order valence-electron chi connectivity index (χ3n) is 3.46. The summed E-state index contributed by atoms with van der Waals surface area (Å²) >= 11 is 1.72. The molecule has 0 aliphatic heterocycles. The zero-order chi connectivity index (χ0) is 13.0. The first-order valence-electron chi connectivity index (χ1n) is 6.53. The van der Waals surface area contributed by atoms with Gasteiger partial charge in [0.2, 0.25) is 0 Å². The van der Waals surface area contributed by atoms with Crippen LogP contribution in [0.4, 0.5) is 0 Å². The van der Waals surface area contributed by atoms with Crippen molar-refractivity contribution in [3.05, 3.63) is 16.6 Å². The highest BCUT2D eigenvalue weighted by Crippen LogP contribution is 2.27. The van der Waals surface area contributed by atoms with Crippen molar-refractivity contribution in [1.29, 1.82) is 0 Å². The predicted octanol–water partition coefficient (Wildman–Crippen LogP) is 2.03. The summed E-state index contributed by atoms with van der Waals surface area (Å²) in [5.41, 5.74) is 0. The van der Waals surface area contributed by atoms with E-state index in [0.717, 1.165) is 19.6 Å². The average molecular weight is 270 g/mol. The van der Waals surface area contributed by atoms with Crippen LogP contribution in [0.3, 0.4) is 0 Å². The van der Waals surface area contributed by atoms with Crippen molar-refractivity contribution in [3.8, 4) is 0 Å². The van der Waals surface area contributed by atoms with Crippen molar-refractivity contribution in [2.75, 3.05) is 20.3 Å². The first-order valence-corrected chi connectivity index (χ1v) is 7.41. The van der Waals surface area contributed by atoms with E-state index in [4.69, 9.17) is 9.47 Å². The highest BCUT2D eigenvalue weighted by atomic mass is 32.1. The zero-order valence-electron chi connectivity index (χ0n) is 11.3. The van der Waals surface area contributed by atoms with Crippen LogP contribution in [0.15, 0.2) is 11.6 Å². The van der Waals surface area contributed by atoms with E-state index in [2.05, 4.69) is 17.2 Å². The fourth-order valence-corrected chi connectivity index (χ4v) is 3.07. The van der Waals surface area contributed by atoms with Crippen LogP contribution in [0, 0.1) is 0 Å². The van der Waals surface area contributed by atoms with Crippen molar-refractivity contribution in [2.45, 2.75) is 44.4 Å². The largest absolute Gasteiger partial charge is 0.377 e. The minimum Gasteiger partial charge on any atom is -0.377 e. The number of aromatic nitrogens is 1. The van der Waals surface area contributed by atoms with Gasteiger partial charge in [0.05, 0.1) is 17.2 Å². The van der Waals surface area contributed by atoms with E-state index in [1.54, 1.807) is 18.4 Å². The lowest BCUT2D eigenvalue weighted by Crippen LogP contribution is -2.60. The monoisotopic (exact) mass is 270 g/mol. The Morgan fingerprint density at radius 2 is 2.44 bits per heavy atom. The number of ether oxygens (including phenoxy) is 2. The molecule has 1 heterocycles. The van der Waals surface area contributed by atoms with Crippen LogP contribution in [0.5, 0.6) is 0 Å². The Morgan fingerprint density at radius 1 is 1.61 bits per heavy atom. The molecule has 18 heavy (non-hydrogen) atoms. The van der Waals surface area contributed by atoms with Crippen LogP contribution in [-0.4, -0.2) is 43.5 Å². The molecule has 5 heteroatoms. The Kier molecular flexibility index (Phi) is 5.12. The smallest absolute Gasteiger partial charge is 0.0986 e. The van der Waals surface area contributed by atoms with Crippen molar-refractivity contribution >= 4 is 11.3 Å². The van der Waals surface area contributed by atoms with E-state index in [0.29, 0.717) is 12.0 Å². The number of hydrogen-bond acceptors (Lipinski definition) is 5. The summed E-state index contributed by atoms with van der Waals surface area (Å²) < 4.78 is 11.1. The Balaban J connectivity index is 1.74. The molecule has 0 saturated heterocycles. The molecule has 1 aliphatic rings. The van der Waals surface area contributed by atoms with Gasteiger partial charge in [-0.05, 0) is 13.3 Å². The second-order valence-electron chi connectivity index (χ2n) is 4.72. The Morgan fingerprint density at radius 3 is 3.06 bits per heavy atom. The van der Waals surface area contributed by atoms with Crippen LogP contribution in [-0.2, 0) is 9.47 Å². The normalized spacial score (nSPS) is 28.9. The quantitative estimate of drug-likeness (QED) is 0.823. The van der Waals surface area contributed by atoms with Gasteiger partial charge in [0.15, 0.2) is 0 Å². The standard InChI is InChI=1S/C13H22N2O2S/c1-4-17-11-7-10(12(11)16-3)15-8-9(2)13-14-5-6-18-13/h5-6,9-12,15H,4,7-8H2,1-3H3. The van der Waals surface area contributed by atoms with Gasteiger partial charge in [-0.25, -0.2) is 4.98 Å². The van der Waals surface area contributed by atoms with E-state index < -0.39 is 0 Å². The molecule has 0 spiro atoms. The van der Waals surface area contributed by atoms with Crippen LogP contribution in [0.25, 0.3) is 0 Å². The second kappa shape index (κ2) is 6.61. The third kappa shape index (κ3) is 3.09. The lowest BCUT2D eigenvalue weighted by Gasteiger charge is -2.43. The van der Waals surface area contributed by atoms with Crippen LogP contribution >= 0.6 is 11.3 Å². The molecule has 0 aromatic carbocycles. The predicted molar refractivity (Wildman–Crippen MR) is 73.1 cm³/mol. The molecule has 1 aromatic rings. The summed E-state index contributed by atoms with van der Waals surface area (Å²) in [6.07, 6.45) is 3.35. The molecule has 4 atom stereocenters. The van der Waals surface area contributed by atoms with Gasteiger partial charge < -0.3 is 14.8 Å². The Bertz CT molecular complexity index is 345. The van der Waals surface area contributed by atoms with Crippen molar-refractivity contribution < 1.29 is 9.47 Å². The van der Waals surface area contributed by atoms with Crippen molar-refractivity contribution in [3.63, 3.8) is 0 Å². The van der Waals surface area contributed by atoms with Gasteiger partial charge in [0, 0.05) is 43.8 Å². The topological polar surface area (TPSA) is 43.4 Å². The molecule has 0 amide bonds. The molecule has 4 nitrogen and oxygen atoms in total. The molecule has 1 N–H and O–H groups in total. The van der Waals surface area contributed by atoms with Gasteiger partial charge in [-0.3, -0.25) is 0 Å². The molecular weight excluding hydrogens is 248 g/mol. The zero-order valence-corrected chi connectivity index (χ0v) is 12.1. The number of methoxy groups -OCH3 is 1. The average Bonchev–Trinajstić information content (AvgIpc) is 2.86. The van der Waals surface area contributed by atoms with Gasteiger partial charge in [0.1, 0.15) is 0 Å². The highest BCUT2D eigenvalue weighted by molar-refractivity contribution is 7.09. The maximum Gasteiger partial charge on any atom is 0.0986 e. The summed E-state index contributed by atoms with van der Waals surface area (Å²) in [7, 11) is 1.76. The van der Waals surface area contributed by atoms with Crippen molar-refractivity contribution in [1.82, 2.24) is 10.3 Å². The molecule has 4 unspecified atom stereocenters. The van der Waals surface area contributed by atoms with Gasteiger partial charge in [-0.15, -0.1) is 11.3 Å². The summed E-state index contributed by atoms with van der Waals surface area (Å²) in [6, 6.07) is 0.411. The first-order chi connectivity index (χ1) is 8.76. The lowest BCUT2D eigenvalue weighted by atomic mass is 9.85. The van der Waals surface area contributed by atoms with E-state index in [1.807, 2.05) is 18.5 Å².